The Morgan fingerprint density at radius 3 is 2.79 bits per heavy atom. The number of benzene rings is 1. The lowest BCUT2D eigenvalue weighted by molar-refractivity contribution is 1.22. The van der Waals surface area contributed by atoms with Gasteiger partial charge < -0.3 is 0 Å². The van der Waals surface area contributed by atoms with Gasteiger partial charge in [0.2, 0.25) is 0 Å². The van der Waals surface area contributed by atoms with Gasteiger partial charge in [-0.15, -0.1) is 0 Å². The smallest absolute Gasteiger partial charge is 0.00169 e. The molecule has 0 N–H and O–H groups in total. The second kappa shape index (κ2) is 3.83. The predicted molar refractivity (Wildman–Crippen MR) is 62.2 cm³/mol. The first-order valence-corrected chi connectivity index (χ1v) is 5.29. The number of rotatable bonds is 2. The first-order valence-electron chi connectivity index (χ1n) is 5.29. The molecule has 0 atom stereocenters. The van der Waals surface area contributed by atoms with Crippen LogP contribution in [-0.2, 0) is 6.42 Å². The second-order valence-electron chi connectivity index (χ2n) is 3.69. The van der Waals surface area contributed by atoms with Gasteiger partial charge in [-0.05, 0) is 42.0 Å². The number of hydrogen-bond donors (Lipinski definition) is 0. The molecule has 0 fully saturated rings. The minimum absolute atomic E-state index is 1.11. The molecule has 0 saturated heterocycles. The molecule has 1 aliphatic rings. The Morgan fingerprint density at radius 2 is 2.07 bits per heavy atom. The zero-order valence-corrected chi connectivity index (χ0v) is 8.88. The van der Waals surface area contributed by atoms with Crippen LogP contribution in [0.5, 0.6) is 0 Å². The highest BCUT2D eigenvalue weighted by molar-refractivity contribution is 5.78. The molecular weight excluding hydrogens is 168 g/mol. The standard InChI is InChI=1S/C14H16/c1-3-7-11-10-12-8-5-6-9-14(12)13(11)4-2/h3,5-9H,4,10H2,1-2H3/b7-3-. The second-order valence-corrected chi connectivity index (χ2v) is 3.69. The van der Waals surface area contributed by atoms with Crippen LogP contribution in [0.2, 0.25) is 0 Å². The van der Waals surface area contributed by atoms with Crippen molar-refractivity contribution >= 4 is 5.57 Å². The van der Waals surface area contributed by atoms with E-state index in [0.717, 1.165) is 12.8 Å². The third-order valence-corrected chi connectivity index (χ3v) is 2.83. The molecule has 0 nitrogen and oxygen atoms in total. The van der Waals surface area contributed by atoms with Crippen molar-refractivity contribution in [3.63, 3.8) is 0 Å². The van der Waals surface area contributed by atoms with Crippen LogP contribution < -0.4 is 0 Å². The van der Waals surface area contributed by atoms with Crippen LogP contribution in [0.4, 0.5) is 0 Å². The predicted octanol–water partition coefficient (Wildman–Crippen LogP) is 3.98. The van der Waals surface area contributed by atoms with Crippen molar-refractivity contribution in [2.45, 2.75) is 26.7 Å². The topological polar surface area (TPSA) is 0 Å². The van der Waals surface area contributed by atoms with E-state index < -0.39 is 0 Å². The molecule has 72 valence electrons. The van der Waals surface area contributed by atoms with Crippen molar-refractivity contribution in [1.82, 2.24) is 0 Å². The summed E-state index contributed by atoms with van der Waals surface area (Å²) < 4.78 is 0. The van der Waals surface area contributed by atoms with Crippen LogP contribution in [0.3, 0.4) is 0 Å². The van der Waals surface area contributed by atoms with Crippen molar-refractivity contribution in [1.29, 1.82) is 0 Å². The average molecular weight is 184 g/mol. The van der Waals surface area contributed by atoms with Gasteiger partial charge in [-0.2, -0.15) is 0 Å². The molecule has 0 amide bonds. The van der Waals surface area contributed by atoms with E-state index in [0.29, 0.717) is 0 Å². The summed E-state index contributed by atoms with van der Waals surface area (Å²) in [6, 6.07) is 8.74. The first kappa shape index (κ1) is 9.26. The minimum atomic E-state index is 1.11. The van der Waals surface area contributed by atoms with E-state index in [1.54, 1.807) is 0 Å². The lowest BCUT2D eigenvalue weighted by atomic mass is 10.0. The molecule has 0 aliphatic heterocycles. The molecule has 2 rings (SSSR count). The Bertz CT molecular complexity index is 394. The van der Waals surface area contributed by atoms with Crippen LogP contribution in [-0.4, -0.2) is 0 Å². The summed E-state index contributed by atoms with van der Waals surface area (Å²) in [5.41, 5.74) is 5.97. The number of allylic oxidation sites excluding steroid dienone is 4. The van der Waals surface area contributed by atoms with Gasteiger partial charge in [0.25, 0.3) is 0 Å². The van der Waals surface area contributed by atoms with E-state index in [9.17, 15) is 0 Å². The molecule has 1 aromatic carbocycles. The molecule has 14 heavy (non-hydrogen) atoms. The molecule has 0 bridgehead atoms. The number of fused-ring (bicyclic) bond motifs is 1. The normalized spacial score (nSPS) is 15.3. The molecule has 0 saturated carbocycles. The molecule has 0 radical (unpaired) electrons. The van der Waals surface area contributed by atoms with E-state index in [1.165, 1.54) is 22.3 Å². The van der Waals surface area contributed by atoms with Crippen LogP contribution in [0.1, 0.15) is 31.4 Å². The van der Waals surface area contributed by atoms with Crippen molar-refractivity contribution in [3.8, 4) is 0 Å². The van der Waals surface area contributed by atoms with Crippen molar-refractivity contribution < 1.29 is 0 Å². The molecule has 0 unspecified atom stereocenters. The lowest BCUT2D eigenvalue weighted by Gasteiger charge is -2.01. The van der Waals surface area contributed by atoms with E-state index in [2.05, 4.69) is 50.3 Å². The van der Waals surface area contributed by atoms with E-state index in [1.807, 2.05) is 0 Å². The average Bonchev–Trinajstić information content (AvgIpc) is 2.55. The lowest BCUT2D eigenvalue weighted by Crippen LogP contribution is -1.81. The third kappa shape index (κ3) is 1.41. The summed E-state index contributed by atoms with van der Waals surface area (Å²) in [7, 11) is 0. The molecule has 0 aromatic heterocycles. The van der Waals surface area contributed by atoms with Gasteiger partial charge in [-0.3, -0.25) is 0 Å². The minimum Gasteiger partial charge on any atom is -0.0874 e. The Labute approximate surface area is 86.0 Å². The monoisotopic (exact) mass is 184 g/mol. The van der Waals surface area contributed by atoms with Crippen LogP contribution in [0.15, 0.2) is 42.0 Å². The van der Waals surface area contributed by atoms with Crippen molar-refractivity contribution in [2.75, 3.05) is 0 Å². The summed E-state index contributed by atoms with van der Waals surface area (Å²) in [5, 5.41) is 0. The summed E-state index contributed by atoms with van der Waals surface area (Å²) in [6.07, 6.45) is 6.64. The van der Waals surface area contributed by atoms with Gasteiger partial charge in [-0.25, -0.2) is 0 Å². The van der Waals surface area contributed by atoms with Gasteiger partial charge >= 0.3 is 0 Å². The molecule has 1 aliphatic carbocycles. The summed E-state index contributed by atoms with van der Waals surface area (Å²) in [5.74, 6) is 0. The van der Waals surface area contributed by atoms with Crippen LogP contribution >= 0.6 is 0 Å². The summed E-state index contributed by atoms with van der Waals surface area (Å²) in [4.78, 5) is 0. The maximum absolute atomic E-state index is 2.25. The van der Waals surface area contributed by atoms with Gasteiger partial charge in [-0.1, -0.05) is 43.3 Å². The fourth-order valence-electron chi connectivity index (χ4n) is 2.23. The summed E-state index contributed by atoms with van der Waals surface area (Å²) in [6.45, 7) is 4.32. The van der Waals surface area contributed by atoms with Crippen LogP contribution in [0, 0.1) is 0 Å². The van der Waals surface area contributed by atoms with Gasteiger partial charge in [0.05, 0.1) is 0 Å². The van der Waals surface area contributed by atoms with E-state index in [4.69, 9.17) is 0 Å². The highest BCUT2D eigenvalue weighted by Gasteiger charge is 2.17. The SMILES string of the molecule is C/C=C\C1=C(CC)c2ccccc2C1. The van der Waals surface area contributed by atoms with Crippen molar-refractivity contribution in [3.05, 3.63) is 53.1 Å². The zero-order chi connectivity index (χ0) is 9.97. The highest BCUT2D eigenvalue weighted by Crippen LogP contribution is 2.35. The summed E-state index contributed by atoms with van der Waals surface area (Å²) >= 11 is 0. The van der Waals surface area contributed by atoms with Crippen molar-refractivity contribution in [2.24, 2.45) is 0 Å². The quantitative estimate of drug-likeness (QED) is 0.652. The Morgan fingerprint density at radius 1 is 1.29 bits per heavy atom. The maximum atomic E-state index is 2.25. The highest BCUT2D eigenvalue weighted by atomic mass is 14.2. The Hall–Kier alpha value is -1.30. The molecule has 1 aromatic rings. The number of hydrogen-bond acceptors (Lipinski definition) is 0. The van der Waals surface area contributed by atoms with Gasteiger partial charge in [0, 0.05) is 0 Å². The van der Waals surface area contributed by atoms with Crippen LogP contribution in [0.25, 0.3) is 5.57 Å². The van der Waals surface area contributed by atoms with Gasteiger partial charge in [0.1, 0.15) is 0 Å². The maximum Gasteiger partial charge on any atom is -0.00169 e. The Kier molecular flexibility index (Phi) is 2.53. The van der Waals surface area contributed by atoms with Gasteiger partial charge in [0.15, 0.2) is 0 Å². The first-order chi connectivity index (χ1) is 6.86. The molecular formula is C14H16. The molecule has 0 heteroatoms. The Balaban J connectivity index is 2.48. The van der Waals surface area contributed by atoms with E-state index >= 15 is 0 Å². The van der Waals surface area contributed by atoms with E-state index in [-0.39, 0.29) is 0 Å². The molecule has 0 spiro atoms. The fourth-order valence-corrected chi connectivity index (χ4v) is 2.23. The largest absolute Gasteiger partial charge is 0.0874 e. The zero-order valence-electron chi connectivity index (χ0n) is 8.88. The molecule has 0 heterocycles. The fraction of sp³-hybridized carbons (Fsp3) is 0.286. The third-order valence-electron chi connectivity index (χ3n) is 2.83.